The second-order valence-electron chi connectivity index (χ2n) is 5.00. The second kappa shape index (κ2) is 5.25. The number of hydrogen-bond acceptors (Lipinski definition) is 6. The molecule has 0 aliphatic rings. The highest BCUT2D eigenvalue weighted by Gasteiger charge is 2.14. The second-order valence-corrected chi connectivity index (χ2v) is 5.00. The Bertz CT molecular complexity index is 1050. The fourth-order valence-corrected chi connectivity index (χ4v) is 2.49. The summed E-state index contributed by atoms with van der Waals surface area (Å²) in [5.41, 5.74) is 2.43. The molecule has 4 rings (SSSR count). The van der Waals surface area contributed by atoms with E-state index in [2.05, 4.69) is 20.3 Å². The molecule has 8 heteroatoms. The molecular formula is C15H12N6O2. The van der Waals surface area contributed by atoms with E-state index < -0.39 is 0 Å². The molecule has 0 aliphatic carbocycles. The number of rotatable bonds is 3. The molecule has 0 aliphatic heterocycles. The molecule has 3 heterocycles. The smallest absolute Gasteiger partial charge is 0.283 e. The highest BCUT2D eigenvalue weighted by Crippen LogP contribution is 2.23. The van der Waals surface area contributed by atoms with Gasteiger partial charge in [-0.25, -0.2) is 4.98 Å². The lowest BCUT2D eigenvalue weighted by Crippen LogP contribution is -2.24. The van der Waals surface area contributed by atoms with Crippen molar-refractivity contribution in [2.24, 2.45) is 0 Å². The summed E-state index contributed by atoms with van der Waals surface area (Å²) in [6, 6.07) is 9.70. The molecule has 0 spiro atoms. The zero-order chi connectivity index (χ0) is 15.8. The normalized spacial score (nSPS) is 11.3. The zero-order valence-corrected chi connectivity index (χ0v) is 12.0. The van der Waals surface area contributed by atoms with E-state index in [9.17, 15) is 4.79 Å². The molecule has 3 aromatic heterocycles. The van der Waals surface area contributed by atoms with Crippen LogP contribution in [0.25, 0.3) is 27.9 Å². The van der Waals surface area contributed by atoms with E-state index in [0.717, 1.165) is 11.1 Å². The van der Waals surface area contributed by atoms with E-state index in [0.29, 0.717) is 11.3 Å². The highest BCUT2D eigenvalue weighted by molar-refractivity contribution is 5.80. The largest absolute Gasteiger partial charge is 0.395 e. The SMILES string of the molecule is O=c1c2nnc3c(-c4ccccc4)cnn3c2ncn1CCO. The number of aliphatic hydroxyl groups is 1. The zero-order valence-electron chi connectivity index (χ0n) is 12.0. The number of benzene rings is 1. The Hall–Kier alpha value is -3.13. The standard InChI is InChI=1S/C15H12N6O2/c22-7-6-20-9-16-14-12(15(20)23)18-19-13-11(8-17-21(13)14)10-4-2-1-3-5-10/h1-5,8-9,22H,6-7H2. The third-order valence-corrected chi connectivity index (χ3v) is 3.61. The molecule has 0 unspecified atom stereocenters. The first-order valence-electron chi connectivity index (χ1n) is 7.05. The Balaban J connectivity index is 1.99. The van der Waals surface area contributed by atoms with Gasteiger partial charge in [-0.15, -0.1) is 10.2 Å². The van der Waals surface area contributed by atoms with E-state index in [4.69, 9.17) is 5.11 Å². The van der Waals surface area contributed by atoms with E-state index in [1.807, 2.05) is 30.3 Å². The molecule has 1 aromatic carbocycles. The number of fused-ring (bicyclic) bond motifs is 3. The molecule has 0 fully saturated rings. The molecular weight excluding hydrogens is 296 g/mol. The maximum atomic E-state index is 12.3. The quantitative estimate of drug-likeness (QED) is 0.591. The van der Waals surface area contributed by atoms with Crippen molar-refractivity contribution in [2.75, 3.05) is 6.61 Å². The van der Waals surface area contributed by atoms with Gasteiger partial charge in [-0.1, -0.05) is 30.3 Å². The summed E-state index contributed by atoms with van der Waals surface area (Å²) in [6.07, 6.45) is 3.06. The van der Waals surface area contributed by atoms with Crippen LogP contribution in [0, 0.1) is 0 Å². The van der Waals surface area contributed by atoms with E-state index in [-0.39, 0.29) is 24.2 Å². The van der Waals surface area contributed by atoms with Crippen molar-refractivity contribution in [1.29, 1.82) is 0 Å². The van der Waals surface area contributed by atoms with Crippen molar-refractivity contribution in [3.63, 3.8) is 0 Å². The summed E-state index contributed by atoms with van der Waals surface area (Å²) in [6.45, 7) is 0.0125. The van der Waals surface area contributed by atoms with Gasteiger partial charge < -0.3 is 5.11 Å². The van der Waals surface area contributed by atoms with E-state index in [1.54, 1.807) is 6.20 Å². The van der Waals surface area contributed by atoms with Crippen LogP contribution in [-0.4, -0.2) is 41.1 Å². The van der Waals surface area contributed by atoms with Crippen LogP contribution in [0.2, 0.25) is 0 Å². The minimum atomic E-state index is -0.352. The first-order chi connectivity index (χ1) is 11.3. The van der Waals surface area contributed by atoms with E-state index in [1.165, 1.54) is 15.4 Å². The molecule has 0 atom stereocenters. The highest BCUT2D eigenvalue weighted by atomic mass is 16.3. The Morgan fingerprint density at radius 2 is 1.91 bits per heavy atom. The minimum absolute atomic E-state index is 0.121. The van der Waals surface area contributed by atoms with Crippen molar-refractivity contribution in [3.05, 3.63) is 53.2 Å². The Morgan fingerprint density at radius 3 is 2.70 bits per heavy atom. The Morgan fingerprint density at radius 1 is 1.09 bits per heavy atom. The maximum absolute atomic E-state index is 12.3. The fraction of sp³-hybridized carbons (Fsp3) is 0.133. The van der Waals surface area contributed by atoms with Crippen molar-refractivity contribution in [2.45, 2.75) is 6.54 Å². The predicted molar refractivity (Wildman–Crippen MR) is 82.9 cm³/mol. The van der Waals surface area contributed by atoms with Gasteiger partial charge in [0.2, 0.25) is 0 Å². The fourth-order valence-electron chi connectivity index (χ4n) is 2.49. The van der Waals surface area contributed by atoms with Gasteiger partial charge in [-0.3, -0.25) is 9.36 Å². The summed E-state index contributed by atoms with van der Waals surface area (Å²) in [7, 11) is 0. The third kappa shape index (κ3) is 2.08. The lowest BCUT2D eigenvalue weighted by Gasteiger charge is -2.04. The van der Waals surface area contributed by atoms with Crippen LogP contribution < -0.4 is 5.56 Å². The third-order valence-electron chi connectivity index (χ3n) is 3.61. The molecule has 1 N–H and O–H groups in total. The lowest BCUT2D eigenvalue weighted by atomic mass is 10.1. The van der Waals surface area contributed by atoms with E-state index >= 15 is 0 Å². The van der Waals surface area contributed by atoms with Gasteiger partial charge in [0.15, 0.2) is 16.8 Å². The van der Waals surface area contributed by atoms with Crippen molar-refractivity contribution < 1.29 is 5.11 Å². The van der Waals surface area contributed by atoms with Gasteiger partial charge in [0.1, 0.15) is 6.33 Å². The maximum Gasteiger partial charge on any atom is 0.283 e. The van der Waals surface area contributed by atoms with Gasteiger partial charge in [0, 0.05) is 5.56 Å². The summed E-state index contributed by atoms with van der Waals surface area (Å²) >= 11 is 0. The van der Waals surface area contributed by atoms with Gasteiger partial charge in [0.05, 0.1) is 19.3 Å². The number of aromatic nitrogens is 6. The summed E-state index contributed by atoms with van der Waals surface area (Å²) in [4.78, 5) is 16.6. The van der Waals surface area contributed by atoms with Crippen molar-refractivity contribution >= 4 is 16.8 Å². The summed E-state index contributed by atoms with van der Waals surface area (Å²) < 4.78 is 2.81. The molecule has 0 amide bonds. The molecule has 8 nitrogen and oxygen atoms in total. The van der Waals surface area contributed by atoms with Crippen LogP contribution in [-0.2, 0) is 6.54 Å². The van der Waals surface area contributed by atoms with Gasteiger partial charge in [-0.2, -0.15) is 9.61 Å². The topological polar surface area (TPSA) is 98.2 Å². The number of hydrogen-bond donors (Lipinski definition) is 1. The van der Waals surface area contributed by atoms with Crippen molar-refractivity contribution in [3.8, 4) is 11.1 Å². The predicted octanol–water partition coefficient (Wildman–Crippen LogP) is 0.493. The summed E-state index contributed by atoms with van der Waals surface area (Å²) in [5.74, 6) is 0. The molecule has 0 bridgehead atoms. The first-order valence-corrected chi connectivity index (χ1v) is 7.05. The Kier molecular flexibility index (Phi) is 3.09. The average molecular weight is 308 g/mol. The lowest BCUT2D eigenvalue weighted by molar-refractivity contribution is 0.274. The molecule has 23 heavy (non-hydrogen) atoms. The molecule has 4 aromatic rings. The first kappa shape index (κ1) is 13.5. The van der Waals surface area contributed by atoms with Crippen LogP contribution in [0.1, 0.15) is 0 Å². The van der Waals surface area contributed by atoms with Gasteiger partial charge in [-0.05, 0) is 5.56 Å². The van der Waals surface area contributed by atoms with Crippen LogP contribution in [0.3, 0.4) is 0 Å². The number of nitrogens with zero attached hydrogens (tertiary/aromatic N) is 6. The Labute approximate surface area is 129 Å². The van der Waals surface area contributed by atoms with Crippen LogP contribution in [0.4, 0.5) is 0 Å². The molecule has 0 saturated carbocycles. The summed E-state index contributed by atoms with van der Waals surface area (Å²) in [5, 5.41) is 21.4. The van der Waals surface area contributed by atoms with Gasteiger partial charge in [0.25, 0.3) is 5.56 Å². The average Bonchev–Trinajstić information content (AvgIpc) is 3.02. The molecule has 0 saturated heterocycles. The van der Waals surface area contributed by atoms with Crippen molar-refractivity contribution in [1.82, 2.24) is 29.4 Å². The monoisotopic (exact) mass is 308 g/mol. The molecule has 0 radical (unpaired) electrons. The van der Waals surface area contributed by atoms with Gasteiger partial charge >= 0.3 is 0 Å². The number of aliphatic hydroxyl groups excluding tert-OH is 1. The minimum Gasteiger partial charge on any atom is -0.395 e. The van der Waals surface area contributed by atoms with Crippen LogP contribution in [0.5, 0.6) is 0 Å². The van der Waals surface area contributed by atoms with Crippen LogP contribution >= 0.6 is 0 Å². The van der Waals surface area contributed by atoms with Crippen LogP contribution in [0.15, 0.2) is 47.7 Å². The molecule has 114 valence electrons.